The Morgan fingerprint density at radius 1 is 1.62 bits per heavy atom. The lowest BCUT2D eigenvalue weighted by Gasteiger charge is -2.10. The van der Waals surface area contributed by atoms with Crippen LogP contribution in [0.25, 0.3) is 0 Å². The fourth-order valence-electron chi connectivity index (χ4n) is 1.10. The molecule has 4 nitrogen and oxygen atoms in total. The van der Waals surface area contributed by atoms with Gasteiger partial charge in [-0.05, 0) is 17.7 Å². The van der Waals surface area contributed by atoms with Gasteiger partial charge in [-0.2, -0.15) is 0 Å². The number of aliphatic carboxylic acids is 1. The van der Waals surface area contributed by atoms with Gasteiger partial charge in [-0.3, -0.25) is 0 Å². The van der Waals surface area contributed by atoms with Crippen molar-refractivity contribution in [2.45, 2.75) is 6.10 Å². The molecule has 4 heteroatoms. The number of nitrogens with two attached hydrogens (primary N) is 1. The molecule has 0 aromatic heterocycles. The highest BCUT2D eigenvalue weighted by atomic mass is 16.5. The molecule has 1 aromatic rings. The second-order valence-corrected chi connectivity index (χ2v) is 2.62. The molecule has 3 N–H and O–H groups in total. The molecule has 0 saturated carbocycles. The van der Waals surface area contributed by atoms with E-state index in [0.29, 0.717) is 11.3 Å². The highest BCUT2D eigenvalue weighted by Crippen LogP contribution is 2.18. The number of methoxy groups -OCH3 is 1. The molecule has 0 radical (unpaired) electrons. The number of carbonyl (C=O) groups is 1. The Labute approximate surface area is 75.9 Å². The van der Waals surface area contributed by atoms with Gasteiger partial charge in [0.25, 0.3) is 0 Å². The molecule has 1 atom stereocenters. The number of benzene rings is 1. The standard InChI is InChI=1S/C9H11NO3/c1-13-8(9(11)12)6-3-2-4-7(10)5-6/h2-5,8H,10H2,1H3,(H,11,12)/t8-/m0/s1. The summed E-state index contributed by atoms with van der Waals surface area (Å²) in [5.74, 6) is -1.02. The van der Waals surface area contributed by atoms with Crippen LogP contribution in [0.4, 0.5) is 5.69 Å². The number of rotatable bonds is 3. The van der Waals surface area contributed by atoms with Crippen LogP contribution in [0, 0.1) is 0 Å². The van der Waals surface area contributed by atoms with Crippen molar-refractivity contribution in [2.24, 2.45) is 0 Å². The Morgan fingerprint density at radius 3 is 2.77 bits per heavy atom. The lowest BCUT2D eigenvalue weighted by molar-refractivity contribution is -0.148. The van der Waals surface area contributed by atoms with Gasteiger partial charge < -0.3 is 15.6 Å². The molecule has 0 unspecified atom stereocenters. The first kappa shape index (κ1) is 9.54. The molecule has 0 aliphatic carbocycles. The second-order valence-electron chi connectivity index (χ2n) is 2.62. The van der Waals surface area contributed by atoms with Crippen molar-refractivity contribution < 1.29 is 14.6 Å². The minimum absolute atomic E-state index is 0.529. The van der Waals surface area contributed by atoms with Gasteiger partial charge in [-0.1, -0.05) is 12.1 Å². The van der Waals surface area contributed by atoms with Gasteiger partial charge in [0.2, 0.25) is 0 Å². The van der Waals surface area contributed by atoms with E-state index in [2.05, 4.69) is 0 Å². The van der Waals surface area contributed by atoms with Crippen LogP contribution >= 0.6 is 0 Å². The van der Waals surface area contributed by atoms with Crippen LogP contribution in [0.1, 0.15) is 11.7 Å². The van der Waals surface area contributed by atoms with E-state index in [1.165, 1.54) is 7.11 Å². The summed E-state index contributed by atoms with van der Waals surface area (Å²) in [4.78, 5) is 10.7. The fraction of sp³-hybridized carbons (Fsp3) is 0.222. The van der Waals surface area contributed by atoms with Crippen molar-refractivity contribution in [3.63, 3.8) is 0 Å². The Kier molecular flexibility index (Phi) is 2.87. The first-order valence-electron chi connectivity index (χ1n) is 3.76. The molecule has 0 fully saturated rings. The van der Waals surface area contributed by atoms with E-state index in [0.717, 1.165) is 0 Å². The van der Waals surface area contributed by atoms with E-state index in [1.54, 1.807) is 24.3 Å². The Morgan fingerprint density at radius 2 is 2.31 bits per heavy atom. The molecule has 1 rings (SSSR count). The minimum atomic E-state index is -1.02. The van der Waals surface area contributed by atoms with Crippen LogP contribution in [0.5, 0.6) is 0 Å². The molecular weight excluding hydrogens is 170 g/mol. The van der Waals surface area contributed by atoms with E-state index in [9.17, 15) is 4.79 Å². The molecule has 1 aromatic carbocycles. The number of carboxylic acid groups (broad SMARTS) is 1. The van der Waals surface area contributed by atoms with Crippen molar-refractivity contribution in [2.75, 3.05) is 12.8 Å². The number of anilines is 1. The van der Waals surface area contributed by atoms with E-state index in [4.69, 9.17) is 15.6 Å². The van der Waals surface area contributed by atoms with Crippen LogP contribution in [0.2, 0.25) is 0 Å². The van der Waals surface area contributed by atoms with Crippen LogP contribution in [0.15, 0.2) is 24.3 Å². The van der Waals surface area contributed by atoms with Crippen LogP contribution in [-0.2, 0) is 9.53 Å². The van der Waals surface area contributed by atoms with Gasteiger partial charge >= 0.3 is 5.97 Å². The molecule has 0 amide bonds. The van der Waals surface area contributed by atoms with Crippen LogP contribution < -0.4 is 5.73 Å². The van der Waals surface area contributed by atoms with Gasteiger partial charge in [0.15, 0.2) is 6.10 Å². The third-order valence-corrected chi connectivity index (χ3v) is 1.67. The topological polar surface area (TPSA) is 72.5 Å². The molecule has 70 valence electrons. The zero-order valence-corrected chi connectivity index (χ0v) is 7.23. The van der Waals surface area contributed by atoms with Crippen molar-refractivity contribution >= 4 is 11.7 Å². The maximum absolute atomic E-state index is 10.7. The number of ether oxygens (including phenoxy) is 1. The van der Waals surface area contributed by atoms with Crippen LogP contribution in [-0.4, -0.2) is 18.2 Å². The molecular formula is C9H11NO3. The summed E-state index contributed by atoms with van der Waals surface area (Å²) in [5, 5.41) is 8.75. The summed E-state index contributed by atoms with van der Waals surface area (Å²) >= 11 is 0. The lowest BCUT2D eigenvalue weighted by atomic mass is 10.1. The molecule has 0 aliphatic heterocycles. The van der Waals surface area contributed by atoms with Crippen molar-refractivity contribution in [3.8, 4) is 0 Å². The monoisotopic (exact) mass is 181 g/mol. The zero-order chi connectivity index (χ0) is 9.84. The smallest absolute Gasteiger partial charge is 0.337 e. The molecule has 0 bridgehead atoms. The third-order valence-electron chi connectivity index (χ3n) is 1.67. The van der Waals surface area contributed by atoms with Gasteiger partial charge in [-0.15, -0.1) is 0 Å². The summed E-state index contributed by atoms with van der Waals surface area (Å²) in [6.07, 6.45) is -0.941. The number of nitrogen functional groups attached to an aromatic ring is 1. The fourth-order valence-corrected chi connectivity index (χ4v) is 1.10. The maximum atomic E-state index is 10.7. The zero-order valence-electron chi connectivity index (χ0n) is 7.23. The average molecular weight is 181 g/mol. The Hall–Kier alpha value is -1.55. The quantitative estimate of drug-likeness (QED) is 0.683. The summed E-state index contributed by atoms with van der Waals surface area (Å²) < 4.78 is 4.80. The third kappa shape index (κ3) is 2.19. The summed E-state index contributed by atoms with van der Waals surface area (Å²) in [7, 11) is 1.35. The Balaban J connectivity index is 2.98. The Bertz CT molecular complexity index is 311. The van der Waals surface area contributed by atoms with Crippen molar-refractivity contribution in [1.82, 2.24) is 0 Å². The number of hydrogen-bond donors (Lipinski definition) is 2. The van der Waals surface area contributed by atoms with Gasteiger partial charge in [0, 0.05) is 12.8 Å². The van der Waals surface area contributed by atoms with E-state index in [1.807, 2.05) is 0 Å². The molecule has 13 heavy (non-hydrogen) atoms. The van der Waals surface area contributed by atoms with Crippen molar-refractivity contribution in [3.05, 3.63) is 29.8 Å². The largest absolute Gasteiger partial charge is 0.479 e. The molecule has 0 heterocycles. The van der Waals surface area contributed by atoms with Gasteiger partial charge in [-0.25, -0.2) is 4.79 Å². The highest BCUT2D eigenvalue weighted by molar-refractivity contribution is 5.74. The lowest BCUT2D eigenvalue weighted by Crippen LogP contribution is -2.13. The van der Waals surface area contributed by atoms with Crippen molar-refractivity contribution in [1.29, 1.82) is 0 Å². The maximum Gasteiger partial charge on any atom is 0.337 e. The first-order chi connectivity index (χ1) is 6.15. The summed E-state index contributed by atoms with van der Waals surface area (Å²) in [5.41, 5.74) is 6.58. The predicted molar refractivity (Wildman–Crippen MR) is 48.2 cm³/mol. The van der Waals surface area contributed by atoms with E-state index >= 15 is 0 Å². The average Bonchev–Trinajstić information content (AvgIpc) is 2.04. The van der Waals surface area contributed by atoms with E-state index < -0.39 is 12.1 Å². The minimum Gasteiger partial charge on any atom is -0.479 e. The molecule has 0 spiro atoms. The summed E-state index contributed by atoms with van der Waals surface area (Å²) in [6, 6.07) is 6.64. The first-order valence-corrected chi connectivity index (χ1v) is 3.76. The van der Waals surface area contributed by atoms with Gasteiger partial charge in [0.1, 0.15) is 0 Å². The molecule has 0 aliphatic rings. The highest BCUT2D eigenvalue weighted by Gasteiger charge is 2.18. The normalized spacial score (nSPS) is 12.4. The van der Waals surface area contributed by atoms with Gasteiger partial charge in [0.05, 0.1) is 0 Å². The second kappa shape index (κ2) is 3.91. The summed E-state index contributed by atoms with van der Waals surface area (Å²) in [6.45, 7) is 0. The van der Waals surface area contributed by atoms with Crippen LogP contribution in [0.3, 0.4) is 0 Å². The number of carboxylic acids is 1. The SMILES string of the molecule is CO[C@H](C(=O)O)c1cccc(N)c1. The number of hydrogen-bond acceptors (Lipinski definition) is 3. The predicted octanol–water partition coefficient (Wildman–Crippen LogP) is 1.04. The van der Waals surface area contributed by atoms with E-state index in [-0.39, 0.29) is 0 Å². The molecule has 0 saturated heterocycles.